The average molecular weight is 212 g/mol. The summed E-state index contributed by atoms with van der Waals surface area (Å²) in [5.74, 6) is -0.0220. The lowest BCUT2D eigenvalue weighted by atomic mass is 9.92. The van der Waals surface area contributed by atoms with Crippen LogP contribution in [0.5, 0.6) is 0 Å². The zero-order chi connectivity index (χ0) is 11.5. The van der Waals surface area contributed by atoms with E-state index < -0.39 is 0 Å². The third-order valence-electron chi connectivity index (χ3n) is 3.16. The maximum atomic E-state index is 11.8. The highest BCUT2D eigenvalue weighted by Gasteiger charge is 2.36. The number of ether oxygens (including phenoxy) is 1. The molecule has 0 radical (unpaired) electrons. The summed E-state index contributed by atoms with van der Waals surface area (Å²) in [6, 6.07) is 0. The zero-order valence-corrected chi connectivity index (χ0v) is 10.6. The topological polar surface area (TPSA) is 26.3 Å². The van der Waals surface area contributed by atoms with Crippen molar-refractivity contribution in [2.24, 2.45) is 5.41 Å². The Bertz CT molecular complexity index is 219. The van der Waals surface area contributed by atoms with Crippen LogP contribution in [0.2, 0.25) is 0 Å². The van der Waals surface area contributed by atoms with E-state index in [2.05, 4.69) is 27.7 Å². The molecule has 0 aromatic rings. The van der Waals surface area contributed by atoms with E-state index in [0.29, 0.717) is 6.42 Å². The highest BCUT2D eigenvalue weighted by Crippen LogP contribution is 2.36. The van der Waals surface area contributed by atoms with E-state index >= 15 is 0 Å². The summed E-state index contributed by atoms with van der Waals surface area (Å²) < 4.78 is 5.69. The van der Waals surface area contributed by atoms with Crippen molar-refractivity contribution in [3.05, 3.63) is 0 Å². The van der Waals surface area contributed by atoms with Crippen LogP contribution in [0.4, 0.5) is 0 Å². The number of rotatable bonds is 3. The van der Waals surface area contributed by atoms with E-state index in [9.17, 15) is 4.79 Å². The molecule has 1 fully saturated rings. The number of carbonyl (C=O) groups is 1. The number of hydrogen-bond donors (Lipinski definition) is 0. The van der Waals surface area contributed by atoms with E-state index in [-0.39, 0.29) is 17.0 Å². The van der Waals surface area contributed by atoms with Crippen molar-refractivity contribution in [3.63, 3.8) is 0 Å². The second-order valence-electron chi connectivity index (χ2n) is 5.96. The molecule has 0 amide bonds. The van der Waals surface area contributed by atoms with Crippen molar-refractivity contribution in [1.82, 2.24) is 0 Å². The van der Waals surface area contributed by atoms with Crippen LogP contribution in [-0.4, -0.2) is 11.6 Å². The standard InChI is InChI=1S/C13H24O2/c1-5-13(8-6-7-9-13)15-11(14)10-12(2,3)4/h5-10H2,1-4H3. The summed E-state index contributed by atoms with van der Waals surface area (Å²) in [5, 5.41) is 0. The zero-order valence-electron chi connectivity index (χ0n) is 10.6. The molecule has 1 aliphatic carbocycles. The molecule has 0 saturated heterocycles. The molecule has 88 valence electrons. The lowest BCUT2D eigenvalue weighted by Crippen LogP contribution is -2.32. The molecule has 0 atom stereocenters. The minimum atomic E-state index is -0.123. The average Bonchev–Trinajstić information content (AvgIpc) is 2.50. The molecular formula is C13H24O2. The summed E-state index contributed by atoms with van der Waals surface area (Å²) in [7, 11) is 0. The fourth-order valence-corrected chi connectivity index (χ4v) is 2.26. The van der Waals surface area contributed by atoms with Crippen LogP contribution in [-0.2, 0) is 9.53 Å². The predicted molar refractivity (Wildman–Crippen MR) is 61.7 cm³/mol. The molecule has 1 rings (SSSR count). The molecule has 0 unspecified atom stereocenters. The van der Waals surface area contributed by atoms with Gasteiger partial charge in [-0.3, -0.25) is 4.79 Å². The van der Waals surface area contributed by atoms with Crippen LogP contribution in [0.15, 0.2) is 0 Å². The second-order valence-corrected chi connectivity index (χ2v) is 5.96. The van der Waals surface area contributed by atoms with Gasteiger partial charge in [0.05, 0.1) is 6.42 Å². The van der Waals surface area contributed by atoms with Gasteiger partial charge < -0.3 is 4.74 Å². The van der Waals surface area contributed by atoms with Crippen LogP contribution in [0.1, 0.15) is 66.2 Å². The molecule has 0 aliphatic heterocycles. The summed E-state index contributed by atoms with van der Waals surface area (Å²) in [5.41, 5.74) is -0.0903. The van der Waals surface area contributed by atoms with Gasteiger partial charge in [0.15, 0.2) is 0 Å². The van der Waals surface area contributed by atoms with E-state index in [1.165, 1.54) is 12.8 Å². The highest BCUT2D eigenvalue weighted by molar-refractivity contribution is 5.70. The van der Waals surface area contributed by atoms with Gasteiger partial charge in [-0.25, -0.2) is 0 Å². The largest absolute Gasteiger partial charge is 0.459 e. The van der Waals surface area contributed by atoms with Gasteiger partial charge in [0, 0.05) is 0 Å². The van der Waals surface area contributed by atoms with Gasteiger partial charge in [0.2, 0.25) is 0 Å². The first-order valence-corrected chi connectivity index (χ1v) is 6.09. The van der Waals surface area contributed by atoms with Crippen LogP contribution >= 0.6 is 0 Å². The molecule has 0 bridgehead atoms. The quantitative estimate of drug-likeness (QED) is 0.667. The molecule has 2 nitrogen and oxygen atoms in total. The maximum Gasteiger partial charge on any atom is 0.306 e. The molecule has 2 heteroatoms. The Hall–Kier alpha value is -0.530. The van der Waals surface area contributed by atoms with E-state index in [1.807, 2.05) is 0 Å². The van der Waals surface area contributed by atoms with Crippen molar-refractivity contribution in [2.45, 2.75) is 71.8 Å². The fourth-order valence-electron chi connectivity index (χ4n) is 2.26. The Labute approximate surface area is 93.4 Å². The fraction of sp³-hybridized carbons (Fsp3) is 0.923. The summed E-state index contributed by atoms with van der Waals surface area (Å²) >= 11 is 0. The van der Waals surface area contributed by atoms with Crippen molar-refractivity contribution in [1.29, 1.82) is 0 Å². The Balaban J connectivity index is 2.49. The molecular weight excluding hydrogens is 188 g/mol. The second kappa shape index (κ2) is 4.54. The first-order valence-electron chi connectivity index (χ1n) is 6.09. The first-order chi connectivity index (χ1) is 6.87. The summed E-state index contributed by atoms with van der Waals surface area (Å²) in [4.78, 5) is 11.8. The van der Waals surface area contributed by atoms with Gasteiger partial charge in [0.1, 0.15) is 5.60 Å². The van der Waals surface area contributed by atoms with E-state index in [4.69, 9.17) is 4.74 Å². The SMILES string of the molecule is CCC1(OC(=O)CC(C)(C)C)CCCC1. The molecule has 0 heterocycles. The Morgan fingerprint density at radius 1 is 1.27 bits per heavy atom. The van der Waals surface area contributed by atoms with Crippen LogP contribution in [0, 0.1) is 5.41 Å². The van der Waals surface area contributed by atoms with Crippen molar-refractivity contribution >= 4 is 5.97 Å². The third kappa shape index (κ3) is 3.84. The number of carbonyl (C=O) groups excluding carboxylic acids is 1. The van der Waals surface area contributed by atoms with Crippen LogP contribution in [0.3, 0.4) is 0 Å². The lowest BCUT2D eigenvalue weighted by molar-refractivity contribution is -0.161. The van der Waals surface area contributed by atoms with Gasteiger partial charge in [-0.2, -0.15) is 0 Å². The Kier molecular flexibility index (Phi) is 3.80. The number of esters is 1. The molecule has 0 spiro atoms. The molecule has 1 saturated carbocycles. The molecule has 1 aliphatic rings. The Morgan fingerprint density at radius 3 is 2.20 bits per heavy atom. The molecule has 0 N–H and O–H groups in total. The predicted octanol–water partition coefficient (Wildman–Crippen LogP) is 3.69. The van der Waals surface area contributed by atoms with Crippen molar-refractivity contribution in [2.75, 3.05) is 0 Å². The smallest absolute Gasteiger partial charge is 0.306 e. The van der Waals surface area contributed by atoms with Gasteiger partial charge in [0.25, 0.3) is 0 Å². The van der Waals surface area contributed by atoms with E-state index in [1.54, 1.807) is 0 Å². The monoisotopic (exact) mass is 212 g/mol. The number of hydrogen-bond acceptors (Lipinski definition) is 2. The lowest BCUT2D eigenvalue weighted by Gasteiger charge is -2.29. The Morgan fingerprint density at radius 2 is 1.80 bits per heavy atom. The van der Waals surface area contributed by atoms with Gasteiger partial charge in [-0.05, 0) is 37.5 Å². The van der Waals surface area contributed by atoms with Crippen molar-refractivity contribution in [3.8, 4) is 0 Å². The maximum absolute atomic E-state index is 11.8. The normalized spacial score (nSPS) is 20.3. The van der Waals surface area contributed by atoms with Gasteiger partial charge in [-0.15, -0.1) is 0 Å². The van der Waals surface area contributed by atoms with E-state index in [0.717, 1.165) is 19.3 Å². The molecule has 15 heavy (non-hydrogen) atoms. The van der Waals surface area contributed by atoms with Crippen molar-refractivity contribution < 1.29 is 9.53 Å². The van der Waals surface area contributed by atoms with Crippen LogP contribution in [0.25, 0.3) is 0 Å². The summed E-state index contributed by atoms with van der Waals surface area (Å²) in [6.45, 7) is 8.33. The van der Waals surface area contributed by atoms with Gasteiger partial charge >= 0.3 is 5.97 Å². The summed E-state index contributed by atoms with van der Waals surface area (Å²) in [6.07, 6.45) is 6.00. The van der Waals surface area contributed by atoms with Crippen LogP contribution < -0.4 is 0 Å². The molecule has 0 aromatic heterocycles. The highest BCUT2D eigenvalue weighted by atomic mass is 16.6. The molecule has 0 aromatic carbocycles. The minimum absolute atomic E-state index is 0.0220. The third-order valence-corrected chi connectivity index (χ3v) is 3.16. The first kappa shape index (κ1) is 12.5. The van der Waals surface area contributed by atoms with Gasteiger partial charge in [-0.1, -0.05) is 27.7 Å². The minimum Gasteiger partial charge on any atom is -0.459 e.